The summed E-state index contributed by atoms with van der Waals surface area (Å²) < 4.78 is 7.34. The molecule has 0 fully saturated rings. The Morgan fingerprint density at radius 2 is 1.96 bits per heavy atom. The summed E-state index contributed by atoms with van der Waals surface area (Å²) in [5.41, 5.74) is 1.26. The van der Waals surface area contributed by atoms with Crippen molar-refractivity contribution in [3.63, 3.8) is 0 Å². The third-order valence-electron chi connectivity index (χ3n) is 4.00. The molecule has 120 valence electrons. The third kappa shape index (κ3) is 3.89. The van der Waals surface area contributed by atoms with Gasteiger partial charge in [-0.1, -0.05) is 56.5 Å². The molecule has 1 aromatic carbocycles. The van der Waals surface area contributed by atoms with Crippen LogP contribution in [-0.2, 0) is 13.0 Å². The van der Waals surface area contributed by atoms with Crippen molar-refractivity contribution in [1.29, 1.82) is 0 Å². The second-order valence-electron chi connectivity index (χ2n) is 5.92. The molecule has 0 atom stereocenters. The van der Waals surface area contributed by atoms with Crippen LogP contribution in [0.15, 0.2) is 51.8 Å². The fourth-order valence-electron chi connectivity index (χ4n) is 2.74. The summed E-state index contributed by atoms with van der Waals surface area (Å²) in [5.74, 6) is 0.917. The van der Waals surface area contributed by atoms with Crippen LogP contribution in [0.4, 0.5) is 0 Å². The van der Waals surface area contributed by atoms with E-state index in [-0.39, 0.29) is 5.69 Å². The highest BCUT2D eigenvalue weighted by atomic mass is 16.3. The van der Waals surface area contributed by atoms with Crippen molar-refractivity contribution in [2.75, 3.05) is 0 Å². The number of hydrogen-bond donors (Lipinski definition) is 0. The molecule has 0 aliphatic rings. The van der Waals surface area contributed by atoms with Gasteiger partial charge in [-0.15, -0.1) is 0 Å². The van der Waals surface area contributed by atoms with E-state index in [9.17, 15) is 4.79 Å². The molecule has 0 bridgehead atoms. The van der Waals surface area contributed by atoms with Gasteiger partial charge in [0.2, 0.25) is 5.71 Å². The zero-order valence-corrected chi connectivity index (χ0v) is 13.5. The Balaban J connectivity index is 1.79. The molecule has 0 unspecified atom stereocenters. The second kappa shape index (κ2) is 7.27. The summed E-state index contributed by atoms with van der Waals surface area (Å²) in [6.07, 6.45) is 7.55. The molecule has 0 N–H and O–H groups in total. The van der Waals surface area contributed by atoms with Crippen LogP contribution in [0.1, 0.15) is 43.9 Å². The normalized spacial score (nSPS) is 11.2. The molecule has 0 saturated carbocycles. The summed E-state index contributed by atoms with van der Waals surface area (Å²) in [5, 5.41) is 0.894. The largest absolute Gasteiger partial charge is 0.443 e. The first kappa shape index (κ1) is 15.5. The Hall–Kier alpha value is -2.36. The van der Waals surface area contributed by atoms with E-state index in [0.29, 0.717) is 12.3 Å². The van der Waals surface area contributed by atoms with Crippen LogP contribution in [0.25, 0.3) is 11.1 Å². The molecule has 0 radical (unpaired) electrons. The maximum atomic E-state index is 12.1. The average molecular weight is 310 g/mol. The van der Waals surface area contributed by atoms with Crippen molar-refractivity contribution in [2.24, 2.45) is 0 Å². The van der Waals surface area contributed by atoms with Gasteiger partial charge in [-0.3, -0.25) is 4.57 Å². The van der Waals surface area contributed by atoms with Gasteiger partial charge >= 0.3 is 5.69 Å². The molecular formula is C19H22N2O2. The SMILES string of the molecule is CCCCCCc1cc2cn(Cc3ccccc3)c(=O)nc2o1. The molecule has 4 nitrogen and oxygen atoms in total. The van der Waals surface area contributed by atoms with Crippen LogP contribution in [0.2, 0.25) is 0 Å². The minimum absolute atomic E-state index is 0.270. The Kier molecular flexibility index (Phi) is 4.91. The molecule has 0 aliphatic carbocycles. The molecule has 0 aliphatic heterocycles. The lowest BCUT2D eigenvalue weighted by Gasteiger charge is -2.04. The minimum atomic E-state index is -0.270. The Bertz CT molecular complexity index is 818. The molecule has 3 rings (SSSR count). The quantitative estimate of drug-likeness (QED) is 0.616. The minimum Gasteiger partial charge on any atom is -0.443 e. The van der Waals surface area contributed by atoms with Gasteiger partial charge in [0.15, 0.2) is 0 Å². The molecule has 23 heavy (non-hydrogen) atoms. The van der Waals surface area contributed by atoms with Gasteiger partial charge in [0.1, 0.15) is 5.76 Å². The molecule has 2 aromatic heterocycles. The zero-order chi connectivity index (χ0) is 16.1. The molecule has 0 saturated heterocycles. The van der Waals surface area contributed by atoms with Crippen LogP contribution >= 0.6 is 0 Å². The van der Waals surface area contributed by atoms with Crippen LogP contribution < -0.4 is 5.69 Å². The number of benzene rings is 1. The van der Waals surface area contributed by atoms with Gasteiger partial charge in [-0.2, -0.15) is 4.98 Å². The lowest BCUT2D eigenvalue weighted by atomic mass is 10.1. The van der Waals surface area contributed by atoms with Crippen molar-refractivity contribution in [3.8, 4) is 0 Å². The predicted molar refractivity (Wildman–Crippen MR) is 91.7 cm³/mol. The van der Waals surface area contributed by atoms with Crippen molar-refractivity contribution in [3.05, 3.63) is 64.4 Å². The number of rotatable bonds is 7. The van der Waals surface area contributed by atoms with Crippen LogP contribution in [0, 0.1) is 0 Å². The van der Waals surface area contributed by atoms with E-state index in [2.05, 4.69) is 11.9 Å². The molecule has 0 amide bonds. The van der Waals surface area contributed by atoms with E-state index >= 15 is 0 Å². The first-order valence-electron chi connectivity index (χ1n) is 8.30. The lowest BCUT2D eigenvalue weighted by Crippen LogP contribution is -2.22. The van der Waals surface area contributed by atoms with Crippen molar-refractivity contribution in [2.45, 2.75) is 45.6 Å². The molecular weight excluding hydrogens is 288 g/mol. The Morgan fingerprint density at radius 1 is 1.13 bits per heavy atom. The summed E-state index contributed by atoms with van der Waals surface area (Å²) in [7, 11) is 0. The van der Waals surface area contributed by atoms with E-state index in [4.69, 9.17) is 4.42 Å². The molecule has 2 heterocycles. The fourth-order valence-corrected chi connectivity index (χ4v) is 2.74. The number of furan rings is 1. The molecule has 4 heteroatoms. The third-order valence-corrected chi connectivity index (χ3v) is 4.00. The number of aromatic nitrogens is 2. The maximum Gasteiger partial charge on any atom is 0.351 e. The first-order valence-corrected chi connectivity index (χ1v) is 8.30. The number of unbranched alkanes of at least 4 members (excludes halogenated alkanes) is 3. The highest BCUT2D eigenvalue weighted by molar-refractivity contribution is 5.72. The van der Waals surface area contributed by atoms with Crippen molar-refractivity contribution >= 4 is 11.1 Å². The van der Waals surface area contributed by atoms with Crippen molar-refractivity contribution in [1.82, 2.24) is 9.55 Å². The topological polar surface area (TPSA) is 48.0 Å². The molecule has 0 spiro atoms. The summed E-state index contributed by atoms with van der Waals surface area (Å²) >= 11 is 0. The highest BCUT2D eigenvalue weighted by Crippen LogP contribution is 2.18. The number of fused-ring (bicyclic) bond motifs is 1. The van der Waals surface area contributed by atoms with Crippen LogP contribution in [0.3, 0.4) is 0 Å². The van der Waals surface area contributed by atoms with Gasteiger partial charge < -0.3 is 4.42 Å². The van der Waals surface area contributed by atoms with Gasteiger partial charge in [-0.05, 0) is 18.1 Å². The van der Waals surface area contributed by atoms with E-state index in [1.54, 1.807) is 4.57 Å². The van der Waals surface area contributed by atoms with Crippen LogP contribution in [0.5, 0.6) is 0 Å². The lowest BCUT2D eigenvalue weighted by molar-refractivity contribution is 0.517. The highest BCUT2D eigenvalue weighted by Gasteiger charge is 2.08. The van der Waals surface area contributed by atoms with E-state index in [0.717, 1.165) is 29.6 Å². The number of hydrogen-bond acceptors (Lipinski definition) is 3. The summed E-state index contributed by atoms with van der Waals surface area (Å²) in [6, 6.07) is 11.9. The Labute approximate surface area is 135 Å². The van der Waals surface area contributed by atoms with Gasteiger partial charge in [0.05, 0.1) is 11.9 Å². The standard InChI is InChI=1S/C19H22N2O2/c1-2-3-4-8-11-17-12-16-14-21(19(22)20-18(16)23-17)13-15-9-6-5-7-10-15/h5-7,9-10,12,14H,2-4,8,11,13H2,1H3. The van der Waals surface area contributed by atoms with E-state index in [1.807, 2.05) is 42.6 Å². The van der Waals surface area contributed by atoms with Gasteiger partial charge in [-0.25, -0.2) is 4.79 Å². The van der Waals surface area contributed by atoms with Crippen molar-refractivity contribution < 1.29 is 4.42 Å². The van der Waals surface area contributed by atoms with E-state index in [1.165, 1.54) is 19.3 Å². The summed E-state index contributed by atoms with van der Waals surface area (Å²) in [4.78, 5) is 16.2. The Morgan fingerprint density at radius 3 is 2.74 bits per heavy atom. The zero-order valence-electron chi connectivity index (χ0n) is 13.5. The average Bonchev–Trinajstić information content (AvgIpc) is 2.94. The monoisotopic (exact) mass is 310 g/mol. The van der Waals surface area contributed by atoms with Crippen LogP contribution in [-0.4, -0.2) is 9.55 Å². The second-order valence-corrected chi connectivity index (χ2v) is 5.92. The molecule has 3 aromatic rings. The first-order chi connectivity index (χ1) is 11.3. The number of nitrogens with zero attached hydrogens (tertiary/aromatic N) is 2. The van der Waals surface area contributed by atoms with Gasteiger partial charge in [0, 0.05) is 12.6 Å². The maximum absolute atomic E-state index is 12.1. The summed E-state index contributed by atoms with van der Waals surface area (Å²) in [6.45, 7) is 2.73. The van der Waals surface area contributed by atoms with Gasteiger partial charge in [0.25, 0.3) is 0 Å². The van der Waals surface area contributed by atoms with E-state index < -0.39 is 0 Å². The smallest absolute Gasteiger partial charge is 0.351 e. The fraction of sp³-hybridized carbons (Fsp3) is 0.368. The predicted octanol–water partition coefficient (Wildman–Crippen LogP) is 4.16. The number of aryl methyl sites for hydroxylation is 1.